The van der Waals surface area contributed by atoms with Gasteiger partial charge in [0.2, 0.25) is 0 Å². The molecule has 8 nitrogen and oxygen atoms in total. The second kappa shape index (κ2) is 9.61. The molecule has 166 valence electrons. The van der Waals surface area contributed by atoms with Crippen LogP contribution in [0.2, 0.25) is 0 Å². The lowest BCUT2D eigenvalue weighted by atomic mass is 10.1. The Balaban J connectivity index is 1.30. The third kappa shape index (κ3) is 5.12. The van der Waals surface area contributed by atoms with E-state index in [1.54, 1.807) is 12.1 Å². The van der Waals surface area contributed by atoms with Gasteiger partial charge in [-0.15, -0.1) is 0 Å². The van der Waals surface area contributed by atoms with Gasteiger partial charge in [-0.2, -0.15) is 0 Å². The lowest BCUT2D eigenvalue weighted by molar-refractivity contribution is -0.402. The molecular weight excluding hydrogens is 415 g/mol. The van der Waals surface area contributed by atoms with Crippen LogP contribution in [0, 0.1) is 15.9 Å². The van der Waals surface area contributed by atoms with Gasteiger partial charge in [0.1, 0.15) is 10.7 Å². The smallest absolute Gasteiger partial charge is 0.395 e. The zero-order chi connectivity index (χ0) is 22.5. The number of carbonyl (C=O) groups excluding carboxylic acids is 1. The summed E-state index contributed by atoms with van der Waals surface area (Å²) in [4.78, 5) is 26.4. The molecule has 0 aliphatic carbocycles. The van der Waals surface area contributed by atoms with Crippen LogP contribution in [0.15, 0.2) is 65.1 Å². The summed E-state index contributed by atoms with van der Waals surface area (Å²) in [5.74, 6) is -1.62. The van der Waals surface area contributed by atoms with Gasteiger partial charge in [-0.05, 0) is 29.3 Å². The van der Waals surface area contributed by atoms with Crippen molar-refractivity contribution in [3.05, 3.63) is 93.5 Å². The molecule has 0 spiro atoms. The standard InChI is InChI=1S/C23H23FN4O4/c24-19-14-18(15-25-23(29)21-8-9-22(32-21)28(30)31)6-7-20(19)27-12-10-26(11-13-27)16-17-4-2-1-3-5-17/h1-9,14H,10-13,15-16H2,(H,25,29). The molecule has 0 unspecified atom stereocenters. The number of piperazine rings is 1. The summed E-state index contributed by atoms with van der Waals surface area (Å²) in [6.45, 7) is 4.13. The van der Waals surface area contributed by atoms with Gasteiger partial charge in [-0.1, -0.05) is 36.4 Å². The van der Waals surface area contributed by atoms with Gasteiger partial charge in [0.25, 0.3) is 5.91 Å². The number of rotatable bonds is 7. The number of nitrogens with zero attached hydrogens (tertiary/aromatic N) is 3. The van der Waals surface area contributed by atoms with E-state index in [9.17, 15) is 19.3 Å². The third-order valence-electron chi connectivity index (χ3n) is 5.42. The highest BCUT2D eigenvalue weighted by molar-refractivity contribution is 5.91. The van der Waals surface area contributed by atoms with Crippen molar-refractivity contribution in [3.63, 3.8) is 0 Å². The predicted octanol–water partition coefficient (Wildman–Crippen LogP) is 3.58. The van der Waals surface area contributed by atoms with Crippen molar-refractivity contribution >= 4 is 17.5 Å². The average molecular weight is 438 g/mol. The highest BCUT2D eigenvalue weighted by Gasteiger charge is 2.20. The molecule has 1 aromatic heterocycles. The molecule has 1 N–H and O–H groups in total. The Bertz CT molecular complexity index is 1090. The zero-order valence-electron chi connectivity index (χ0n) is 17.4. The van der Waals surface area contributed by atoms with Crippen molar-refractivity contribution in [2.75, 3.05) is 31.1 Å². The number of anilines is 1. The van der Waals surface area contributed by atoms with Gasteiger partial charge in [-0.25, -0.2) is 4.39 Å². The predicted molar refractivity (Wildman–Crippen MR) is 117 cm³/mol. The van der Waals surface area contributed by atoms with E-state index < -0.39 is 16.7 Å². The summed E-state index contributed by atoms with van der Waals surface area (Å²) in [5, 5.41) is 13.2. The van der Waals surface area contributed by atoms with Crippen LogP contribution in [-0.2, 0) is 13.1 Å². The summed E-state index contributed by atoms with van der Waals surface area (Å²) in [6, 6.07) is 17.5. The number of hydrogen-bond acceptors (Lipinski definition) is 6. The Morgan fingerprint density at radius 2 is 1.78 bits per heavy atom. The summed E-state index contributed by atoms with van der Waals surface area (Å²) >= 11 is 0. The van der Waals surface area contributed by atoms with Crippen LogP contribution in [0.3, 0.4) is 0 Å². The quantitative estimate of drug-likeness (QED) is 0.448. The first-order chi connectivity index (χ1) is 15.5. The molecule has 0 saturated carbocycles. The van der Waals surface area contributed by atoms with Crippen LogP contribution in [-0.4, -0.2) is 41.9 Å². The Morgan fingerprint density at radius 3 is 2.44 bits per heavy atom. The molecule has 0 atom stereocenters. The molecule has 0 bridgehead atoms. The normalized spacial score (nSPS) is 14.3. The molecule has 1 saturated heterocycles. The molecule has 1 aliphatic heterocycles. The number of furan rings is 1. The van der Waals surface area contributed by atoms with E-state index >= 15 is 0 Å². The van der Waals surface area contributed by atoms with Crippen molar-refractivity contribution in [1.29, 1.82) is 0 Å². The minimum absolute atomic E-state index is 0.0788. The van der Waals surface area contributed by atoms with E-state index in [1.165, 1.54) is 17.7 Å². The van der Waals surface area contributed by atoms with Gasteiger partial charge in [-0.3, -0.25) is 19.8 Å². The molecule has 1 amide bonds. The van der Waals surface area contributed by atoms with Gasteiger partial charge >= 0.3 is 5.88 Å². The number of hydrogen-bond donors (Lipinski definition) is 1. The maximum atomic E-state index is 14.8. The maximum absolute atomic E-state index is 14.8. The number of carbonyl (C=O) groups is 1. The van der Waals surface area contributed by atoms with Gasteiger partial charge in [0, 0.05) is 39.3 Å². The molecule has 1 aliphatic rings. The molecular formula is C23H23FN4O4. The maximum Gasteiger partial charge on any atom is 0.433 e. The van der Waals surface area contributed by atoms with E-state index in [1.807, 2.05) is 23.1 Å². The van der Waals surface area contributed by atoms with Crippen LogP contribution in [0.4, 0.5) is 16.0 Å². The Hall–Kier alpha value is -3.72. The van der Waals surface area contributed by atoms with Crippen LogP contribution in [0.5, 0.6) is 0 Å². The van der Waals surface area contributed by atoms with E-state index in [0.29, 0.717) is 11.3 Å². The Labute approximate surface area is 184 Å². The summed E-state index contributed by atoms with van der Waals surface area (Å²) < 4.78 is 19.6. The van der Waals surface area contributed by atoms with Crippen molar-refractivity contribution in [2.24, 2.45) is 0 Å². The van der Waals surface area contributed by atoms with E-state index in [-0.39, 0.29) is 18.1 Å². The summed E-state index contributed by atoms with van der Waals surface area (Å²) in [6.07, 6.45) is 0. The van der Waals surface area contributed by atoms with Crippen LogP contribution in [0.1, 0.15) is 21.7 Å². The fraction of sp³-hybridized carbons (Fsp3) is 0.261. The highest BCUT2D eigenvalue weighted by atomic mass is 19.1. The Morgan fingerprint density at radius 1 is 1.03 bits per heavy atom. The topological polar surface area (TPSA) is 91.9 Å². The number of halogens is 1. The highest BCUT2D eigenvalue weighted by Crippen LogP contribution is 2.23. The first-order valence-corrected chi connectivity index (χ1v) is 10.3. The number of benzene rings is 2. The van der Waals surface area contributed by atoms with Crippen molar-refractivity contribution < 1.29 is 18.5 Å². The fourth-order valence-electron chi connectivity index (χ4n) is 3.72. The second-order valence-electron chi connectivity index (χ2n) is 7.61. The largest absolute Gasteiger partial charge is 0.433 e. The molecule has 4 rings (SSSR count). The number of amides is 1. The SMILES string of the molecule is O=C(NCc1ccc(N2CCN(Cc3ccccc3)CC2)c(F)c1)c1ccc([N+](=O)[O-])o1. The summed E-state index contributed by atoms with van der Waals surface area (Å²) in [5.41, 5.74) is 2.40. The van der Waals surface area contributed by atoms with E-state index in [4.69, 9.17) is 4.42 Å². The molecule has 0 radical (unpaired) electrons. The average Bonchev–Trinajstić information content (AvgIpc) is 3.30. The summed E-state index contributed by atoms with van der Waals surface area (Å²) in [7, 11) is 0. The number of nitro groups is 1. The first kappa shape index (κ1) is 21.5. The van der Waals surface area contributed by atoms with E-state index in [0.717, 1.165) is 38.8 Å². The monoisotopic (exact) mass is 438 g/mol. The first-order valence-electron chi connectivity index (χ1n) is 10.3. The van der Waals surface area contributed by atoms with Crippen molar-refractivity contribution in [3.8, 4) is 0 Å². The number of nitrogens with one attached hydrogen (secondary N) is 1. The van der Waals surface area contributed by atoms with Crippen LogP contribution >= 0.6 is 0 Å². The Kier molecular flexibility index (Phi) is 6.46. The van der Waals surface area contributed by atoms with E-state index in [2.05, 4.69) is 22.3 Å². The minimum atomic E-state index is -0.716. The second-order valence-corrected chi connectivity index (χ2v) is 7.61. The zero-order valence-corrected chi connectivity index (χ0v) is 17.4. The lowest BCUT2D eigenvalue weighted by Crippen LogP contribution is -2.46. The molecule has 9 heteroatoms. The van der Waals surface area contributed by atoms with Gasteiger partial charge in [0.15, 0.2) is 5.76 Å². The lowest BCUT2D eigenvalue weighted by Gasteiger charge is -2.36. The van der Waals surface area contributed by atoms with Crippen LogP contribution in [0.25, 0.3) is 0 Å². The fourth-order valence-corrected chi connectivity index (χ4v) is 3.72. The molecule has 2 aromatic carbocycles. The third-order valence-corrected chi connectivity index (χ3v) is 5.42. The van der Waals surface area contributed by atoms with Gasteiger partial charge < -0.3 is 14.6 Å². The molecule has 1 fully saturated rings. The molecule has 32 heavy (non-hydrogen) atoms. The molecule has 2 heterocycles. The van der Waals surface area contributed by atoms with Crippen molar-refractivity contribution in [2.45, 2.75) is 13.1 Å². The van der Waals surface area contributed by atoms with Gasteiger partial charge in [0.05, 0.1) is 11.8 Å². The van der Waals surface area contributed by atoms with Crippen LogP contribution < -0.4 is 10.2 Å². The minimum Gasteiger partial charge on any atom is -0.395 e. The molecule has 3 aromatic rings. The van der Waals surface area contributed by atoms with Crippen molar-refractivity contribution in [1.82, 2.24) is 10.2 Å².